The number of ether oxygens (including phenoxy) is 1. The molecule has 1 amide bonds. The Morgan fingerprint density at radius 2 is 1.89 bits per heavy atom. The van der Waals surface area contributed by atoms with Crippen molar-refractivity contribution in [3.63, 3.8) is 0 Å². The number of carbonyl (C=O) groups is 1. The molecule has 0 aliphatic carbocycles. The molecule has 2 heterocycles. The van der Waals surface area contributed by atoms with Crippen LogP contribution >= 0.6 is 0 Å². The SMILES string of the molecule is CCOCCC(=O)N1CCC[C@H]1[C@@H]1CCCN1CC. The second kappa shape index (κ2) is 7.25. The lowest BCUT2D eigenvalue weighted by molar-refractivity contribution is -0.134. The van der Waals surface area contributed by atoms with Gasteiger partial charge in [0, 0.05) is 25.2 Å². The molecule has 4 heteroatoms. The van der Waals surface area contributed by atoms with Crippen molar-refractivity contribution in [1.29, 1.82) is 0 Å². The number of hydrogen-bond acceptors (Lipinski definition) is 3. The summed E-state index contributed by atoms with van der Waals surface area (Å²) in [7, 11) is 0. The maximum Gasteiger partial charge on any atom is 0.225 e. The molecule has 0 unspecified atom stereocenters. The van der Waals surface area contributed by atoms with Gasteiger partial charge in [-0.2, -0.15) is 0 Å². The quantitative estimate of drug-likeness (QED) is 0.690. The van der Waals surface area contributed by atoms with Crippen LogP contribution in [-0.2, 0) is 9.53 Å². The topological polar surface area (TPSA) is 32.8 Å². The second-order valence-corrected chi connectivity index (χ2v) is 5.58. The summed E-state index contributed by atoms with van der Waals surface area (Å²) in [5, 5.41) is 0. The zero-order valence-electron chi connectivity index (χ0n) is 12.4. The molecule has 2 aliphatic heterocycles. The van der Waals surface area contributed by atoms with Crippen LogP contribution in [0.25, 0.3) is 0 Å². The van der Waals surface area contributed by atoms with Crippen LogP contribution in [0.4, 0.5) is 0 Å². The van der Waals surface area contributed by atoms with Crippen LogP contribution in [-0.4, -0.2) is 60.6 Å². The van der Waals surface area contributed by atoms with E-state index >= 15 is 0 Å². The number of rotatable bonds is 6. The van der Waals surface area contributed by atoms with Gasteiger partial charge in [-0.3, -0.25) is 9.69 Å². The van der Waals surface area contributed by atoms with Crippen LogP contribution in [0.15, 0.2) is 0 Å². The van der Waals surface area contributed by atoms with Crippen molar-refractivity contribution in [1.82, 2.24) is 9.80 Å². The Balaban J connectivity index is 1.90. The minimum atomic E-state index is 0.291. The largest absolute Gasteiger partial charge is 0.381 e. The first-order chi connectivity index (χ1) is 9.27. The van der Waals surface area contributed by atoms with Gasteiger partial charge in [0.2, 0.25) is 5.91 Å². The Morgan fingerprint density at radius 3 is 2.63 bits per heavy atom. The molecule has 0 N–H and O–H groups in total. The summed E-state index contributed by atoms with van der Waals surface area (Å²) in [6.45, 7) is 8.74. The van der Waals surface area contributed by atoms with Gasteiger partial charge in [-0.15, -0.1) is 0 Å². The molecule has 0 radical (unpaired) electrons. The summed E-state index contributed by atoms with van der Waals surface area (Å²) in [4.78, 5) is 17.0. The zero-order valence-corrected chi connectivity index (χ0v) is 12.4. The summed E-state index contributed by atoms with van der Waals surface area (Å²) < 4.78 is 5.31. The molecule has 0 spiro atoms. The molecule has 2 aliphatic rings. The van der Waals surface area contributed by atoms with Crippen LogP contribution in [0, 0.1) is 0 Å². The molecule has 4 nitrogen and oxygen atoms in total. The first-order valence-corrected chi connectivity index (χ1v) is 7.89. The summed E-state index contributed by atoms with van der Waals surface area (Å²) >= 11 is 0. The molecule has 0 aromatic rings. The maximum atomic E-state index is 12.3. The highest BCUT2D eigenvalue weighted by molar-refractivity contribution is 5.77. The summed E-state index contributed by atoms with van der Waals surface area (Å²) in [5.74, 6) is 0.291. The van der Waals surface area contributed by atoms with E-state index in [0.29, 0.717) is 37.6 Å². The van der Waals surface area contributed by atoms with Gasteiger partial charge >= 0.3 is 0 Å². The first kappa shape index (κ1) is 14.8. The summed E-state index contributed by atoms with van der Waals surface area (Å²) in [6.07, 6.45) is 5.44. The predicted octanol–water partition coefficient (Wildman–Crippen LogP) is 1.89. The molecule has 2 fully saturated rings. The van der Waals surface area contributed by atoms with E-state index in [2.05, 4.69) is 16.7 Å². The fraction of sp³-hybridized carbons (Fsp3) is 0.933. The van der Waals surface area contributed by atoms with E-state index in [1.807, 2.05) is 6.92 Å². The zero-order chi connectivity index (χ0) is 13.7. The van der Waals surface area contributed by atoms with Gasteiger partial charge in [0.15, 0.2) is 0 Å². The highest BCUT2D eigenvalue weighted by Crippen LogP contribution is 2.30. The number of likely N-dealkylation sites (tertiary alicyclic amines) is 2. The number of likely N-dealkylation sites (N-methyl/N-ethyl adjacent to an activating group) is 1. The Bertz CT molecular complexity index is 296. The van der Waals surface area contributed by atoms with Crippen molar-refractivity contribution >= 4 is 5.91 Å². The van der Waals surface area contributed by atoms with Crippen LogP contribution < -0.4 is 0 Å². The van der Waals surface area contributed by atoms with Gasteiger partial charge in [-0.05, 0) is 45.7 Å². The smallest absolute Gasteiger partial charge is 0.225 e. The summed E-state index contributed by atoms with van der Waals surface area (Å²) in [5.41, 5.74) is 0. The highest BCUT2D eigenvalue weighted by atomic mass is 16.5. The van der Waals surface area contributed by atoms with Gasteiger partial charge < -0.3 is 9.64 Å². The Morgan fingerprint density at radius 1 is 1.16 bits per heavy atom. The summed E-state index contributed by atoms with van der Waals surface area (Å²) in [6, 6.07) is 1.06. The van der Waals surface area contributed by atoms with Crippen molar-refractivity contribution in [2.75, 3.05) is 32.8 Å². The minimum Gasteiger partial charge on any atom is -0.381 e. The van der Waals surface area contributed by atoms with Crippen molar-refractivity contribution in [2.45, 2.75) is 58.0 Å². The predicted molar refractivity (Wildman–Crippen MR) is 76.1 cm³/mol. The van der Waals surface area contributed by atoms with E-state index in [0.717, 1.165) is 13.1 Å². The Kier molecular flexibility index (Phi) is 5.64. The lowest BCUT2D eigenvalue weighted by atomic mass is 10.0. The van der Waals surface area contributed by atoms with E-state index in [-0.39, 0.29) is 0 Å². The highest BCUT2D eigenvalue weighted by Gasteiger charge is 2.38. The molecule has 2 saturated heterocycles. The second-order valence-electron chi connectivity index (χ2n) is 5.58. The van der Waals surface area contributed by atoms with Crippen LogP contribution in [0.3, 0.4) is 0 Å². The van der Waals surface area contributed by atoms with Crippen LogP contribution in [0.5, 0.6) is 0 Å². The van der Waals surface area contributed by atoms with E-state index in [1.165, 1.54) is 32.2 Å². The normalized spacial score (nSPS) is 28.2. The van der Waals surface area contributed by atoms with E-state index < -0.39 is 0 Å². The van der Waals surface area contributed by atoms with Crippen molar-refractivity contribution < 1.29 is 9.53 Å². The van der Waals surface area contributed by atoms with Gasteiger partial charge in [0.05, 0.1) is 13.0 Å². The van der Waals surface area contributed by atoms with Crippen LogP contribution in [0.2, 0.25) is 0 Å². The average Bonchev–Trinajstić information content (AvgIpc) is 3.06. The number of hydrogen-bond donors (Lipinski definition) is 0. The third kappa shape index (κ3) is 3.48. The fourth-order valence-electron chi connectivity index (χ4n) is 3.63. The van der Waals surface area contributed by atoms with Gasteiger partial charge in [0.1, 0.15) is 0 Å². The lowest BCUT2D eigenvalue weighted by Gasteiger charge is -2.34. The van der Waals surface area contributed by atoms with Crippen molar-refractivity contribution in [3.8, 4) is 0 Å². The molecule has 2 rings (SSSR count). The molecule has 0 aromatic carbocycles. The number of amides is 1. The third-order valence-electron chi connectivity index (χ3n) is 4.55. The number of carbonyl (C=O) groups excluding carboxylic acids is 1. The molecule has 0 saturated carbocycles. The van der Waals surface area contributed by atoms with Crippen molar-refractivity contribution in [2.24, 2.45) is 0 Å². The van der Waals surface area contributed by atoms with E-state index in [4.69, 9.17) is 4.74 Å². The Labute approximate surface area is 117 Å². The molecular weight excluding hydrogens is 240 g/mol. The standard InChI is InChI=1S/C15H28N2O2/c1-3-16-10-5-7-13(16)14-8-6-11-17(14)15(18)9-12-19-4-2/h13-14H,3-12H2,1-2H3/t13-,14-/m0/s1. The maximum absolute atomic E-state index is 12.3. The van der Waals surface area contributed by atoms with Gasteiger partial charge in [-0.25, -0.2) is 0 Å². The Hall–Kier alpha value is -0.610. The lowest BCUT2D eigenvalue weighted by Crippen LogP contribution is -2.48. The fourth-order valence-corrected chi connectivity index (χ4v) is 3.63. The van der Waals surface area contributed by atoms with E-state index in [9.17, 15) is 4.79 Å². The average molecular weight is 268 g/mol. The molecule has 0 bridgehead atoms. The number of nitrogens with zero attached hydrogens (tertiary/aromatic N) is 2. The monoisotopic (exact) mass is 268 g/mol. The first-order valence-electron chi connectivity index (χ1n) is 7.89. The van der Waals surface area contributed by atoms with E-state index in [1.54, 1.807) is 0 Å². The molecule has 110 valence electrons. The third-order valence-corrected chi connectivity index (χ3v) is 4.55. The minimum absolute atomic E-state index is 0.291. The molecular formula is C15H28N2O2. The molecule has 19 heavy (non-hydrogen) atoms. The molecule has 0 aromatic heterocycles. The molecule has 2 atom stereocenters. The van der Waals surface area contributed by atoms with Gasteiger partial charge in [0.25, 0.3) is 0 Å². The van der Waals surface area contributed by atoms with Gasteiger partial charge in [-0.1, -0.05) is 6.92 Å². The van der Waals surface area contributed by atoms with Crippen LogP contribution in [0.1, 0.15) is 46.0 Å². The van der Waals surface area contributed by atoms with Crippen molar-refractivity contribution in [3.05, 3.63) is 0 Å².